The first-order chi connectivity index (χ1) is 9.60. The van der Waals surface area contributed by atoms with Crippen LogP contribution in [0.25, 0.3) is 0 Å². The van der Waals surface area contributed by atoms with E-state index in [1.807, 2.05) is 30.5 Å². The number of aliphatic hydroxyl groups is 1. The summed E-state index contributed by atoms with van der Waals surface area (Å²) in [5, 5.41) is 12.7. The fraction of sp³-hybridized carbons (Fsp3) is 0.214. The second-order valence-electron chi connectivity index (χ2n) is 4.10. The lowest BCUT2D eigenvalue weighted by molar-refractivity contribution is 0.0920. The standard InChI is InChI=1S/C14H14ClNO2S2/c1-19-10-4-2-9(3-5-10)11(17)8-16-14(18)12-6-7-13(15)20-12/h2-7,11,17H,8H2,1H3,(H,16,18). The minimum atomic E-state index is -0.717. The fourth-order valence-corrected chi connectivity index (χ4v) is 3.02. The summed E-state index contributed by atoms with van der Waals surface area (Å²) in [7, 11) is 0. The summed E-state index contributed by atoms with van der Waals surface area (Å²) in [4.78, 5) is 13.5. The monoisotopic (exact) mass is 327 g/mol. The number of hydrogen-bond donors (Lipinski definition) is 2. The third-order valence-electron chi connectivity index (χ3n) is 2.75. The largest absolute Gasteiger partial charge is 0.387 e. The van der Waals surface area contributed by atoms with Gasteiger partial charge in [-0.05, 0) is 36.1 Å². The summed E-state index contributed by atoms with van der Waals surface area (Å²) >= 11 is 8.64. The summed E-state index contributed by atoms with van der Waals surface area (Å²) < 4.78 is 0.573. The predicted octanol–water partition coefficient (Wildman–Crippen LogP) is 3.59. The highest BCUT2D eigenvalue weighted by atomic mass is 35.5. The second kappa shape index (κ2) is 7.13. The van der Waals surface area contributed by atoms with Gasteiger partial charge >= 0.3 is 0 Å². The zero-order valence-electron chi connectivity index (χ0n) is 10.8. The number of thioether (sulfide) groups is 1. The van der Waals surface area contributed by atoms with Crippen molar-refractivity contribution in [1.82, 2.24) is 5.32 Å². The van der Waals surface area contributed by atoms with E-state index in [0.717, 1.165) is 10.5 Å². The molecule has 20 heavy (non-hydrogen) atoms. The number of hydrogen-bond acceptors (Lipinski definition) is 4. The molecule has 0 aliphatic carbocycles. The first-order valence-corrected chi connectivity index (χ1v) is 8.37. The van der Waals surface area contributed by atoms with Gasteiger partial charge in [0.1, 0.15) is 0 Å². The van der Waals surface area contributed by atoms with Crippen LogP contribution in [0.4, 0.5) is 0 Å². The van der Waals surface area contributed by atoms with E-state index in [0.29, 0.717) is 9.21 Å². The van der Waals surface area contributed by atoms with Crippen LogP contribution >= 0.6 is 34.7 Å². The van der Waals surface area contributed by atoms with Crippen molar-refractivity contribution in [3.63, 3.8) is 0 Å². The number of amides is 1. The van der Waals surface area contributed by atoms with Crippen LogP contribution in [0.2, 0.25) is 4.34 Å². The van der Waals surface area contributed by atoms with E-state index in [4.69, 9.17) is 11.6 Å². The maximum Gasteiger partial charge on any atom is 0.261 e. The molecule has 106 valence electrons. The van der Waals surface area contributed by atoms with Gasteiger partial charge in [0.25, 0.3) is 5.91 Å². The molecular weight excluding hydrogens is 314 g/mol. The zero-order chi connectivity index (χ0) is 14.5. The molecule has 0 spiro atoms. The molecule has 3 nitrogen and oxygen atoms in total. The summed E-state index contributed by atoms with van der Waals surface area (Å²) in [5.74, 6) is -0.221. The highest BCUT2D eigenvalue weighted by molar-refractivity contribution is 7.98. The lowest BCUT2D eigenvalue weighted by Gasteiger charge is -2.12. The van der Waals surface area contributed by atoms with Gasteiger partial charge in [0.05, 0.1) is 15.3 Å². The molecule has 0 saturated heterocycles. The van der Waals surface area contributed by atoms with Gasteiger partial charge in [-0.1, -0.05) is 23.7 Å². The number of carbonyl (C=O) groups excluding carboxylic acids is 1. The Bertz CT molecular complexity index is 583. The molecule has 2 rings (SSSR count). The van der Waals surface area contributed by atoms with Crippen LogP contribution in [0.3, 0.4) is 0 Å². The Labute approximate surface area is 131 Å². The van der Waals surface area contributed by atoms with Crippen molar-refractivity contribution in [2.45, 2.75) is 11.0 Å². The number of rotatable bonds is 5. The van der Waals surface area contributed by atoms with Crippen LogP contribution in [0, 0.1) is 0 Å². The fourth-order valence-electron chi connectivity index (χ4n) is 1.66. The predicted molar refractivity (Wildman–Crippen MR) is 84.8 cm³/mol. The average molecular weight is 328 g/mol. The Balaban J connectivity index is 1.91. The van der Waals surface area contributed by atoms with E-state index in [9.17, 15) is 9.90 Å². The van der Waals surface area contributed by atoms with E-state index in [1.54, 1.807) is 23.9 Å². The topological polar surface area (TPSA) is 49.3 Å². The van der Waals surface area contributed by atoms with E-state index in [-0.39, 0.29) is 12.5 Å². The van der Waals surface area contributed by atoms with Gasteiger partial charge in [0.2, 0.25) is 0 Å². The summed E-state index contributed by atoms with van der Waals surface area (Å²) in [6.07, 6.45) is 1.28. The van der Waals surface area contributed by atoms with Crippen LogP contribution in [0.15, 0.2) is 41.3 Å². The van der Waals surface area contributed by atoms with Gasteiger partial charge in [-0.3, -0.25) is 4.79 Å². The van der Waals surface area contributed by atoms with Crippen LogP contribution in [0.5, 0.6) is 0 Å². The van der Waals surface area contributed by atoms with Crippen molar-refractivity contribution in [2.24, 2.45) is 0 Å². The van der Waals surface area contributed by atoms with E-state index in [2.05, 4.69) is 5.32 Å². The number of aliphatic hydroxyl groups excluding tert-OH is 1. The molecular formula is C14H14ClNO2S2. The van der Waals surface area contributed by atoms with E-state index in [1.165, 1.54) is 11.3 Å². The summed E-state index contributed by atoms with van der Waals surface area (Å²) in [5.41, 5.74) is 0.785. The maximum atomic E-state index is 11.8. The molecule has 2 aromatic rings. The zero-order valence-corrected chi connectivity index (χ0v) is 13.2. The number of benzene rings is 1. The van der Waals surface area contributed by atoms with Gasteiger partial charge in [-0.2, -0.15) is 0 Å². The number of thiophene rings is 1. The molecule has 0 fully saturated rings. The lowest BCUT2D eigenvalue weighted by Crippen LogP contribution is -2.27. The second-order valence-corrected chi connectivity index (χ2v) is 6.70. The normalized spacial score (nSPS) is 12.2. The van der Waals surface area contributed by atoms with Crippen molar-refractivity contribution < 1.29 is 9.90 Å². The minimum Gasteiger partial charge on any atom is -0.387 e. The third kappa shape index (κ3) is 3.99. The molecule has 1 aromatic carbocycles. The number of nitrogens with one attached hydrogen (secondary N) is 1. The first kappa shape index (κ1) is 15.4. The van der Waals surface area contributed by atoms with Gasteiger partial charge in [-0.25, -0.2) is 0 Å². The average Bonchev–Trinajstić information content (AvgIpc) is 2.91. The maximum absolute atomic E-state index is 11.8. The van der Waals surface area contributed by atoms with Crippen LogP contribution in [0.1, 0.15) is 21.3 Å². The van der Waals surface area contributed by atoms with Crippen molar-refractivity contribution in [2.75, 3.05) is 12.8 Å². The molecule has 2 N–H and O–H groups in total. The molecule has 0 aliphatic heterocycles. The Morgan fingerprint density at radius 1 is 1.35 bits per heavy atom. The Hall–Kier alpha value is -1.01. The van der Waals surface area contributed by atoms with Gasteiger partial charge in [0.15, 0.2) is 0 Å². The molecule has 1 unspecified atom stereocenters. The highest BCUT2D eigenvalue weighted by Gasteiger charge is 2.12. The van der Waals surface area contributed by atoms with Crippen molar-refractivity contribution in [3.05, 3.63) is 51.2 Å². The summed E-state index contributed by atoms with van der Waals surface area (Å²) in [6, 6.07) is 11.0. The van der Waals surface area contributed by atoms with Crippen molar-refractivity contribution in [3.8, 4) is 0 Å². The molecule has 0 aliphatic rings. The quantitative estimate of drug-likeness (QED) is 0.825. The molecule has 0 saturated carbocycles. The molecule has 6 heteroatoms. The smallest absolute Gasteiger partial charge is 0.261 e. The van der Waals surface area contributed by atoms with Crippen LogP contribution < -0.4 is 5.32 Å². The van der Waals surface area contributed by atoms with Crippen LogP contribution in [-0.2, 0) is 0 Å². The highest BCUT2D eigenvalue weighted by Crippen LogP contribution is 2.22. The van der Waals surface area contributed by atoms with Gasteiger partial charge in [0, 0.05) is 11.4 Å². The SMILES string of the molecule is CSc1ccc(C(O)CNC(=O)c2ccc(Cl)s2)cc1. The molecule has 1 aromatic heterocycles. The van der Waals surface area contributed by atoms with E-state index >= 15 is 0 Å². The number of carbonyl (C=O) groups is 1. The molecule has 0 bridgehead atoms. The van der Waals surface area contributed by atoms with Gasteiger partial charge in [-0.15, -0.1) is 23.1 Å². The molecule has 1 atom stereocenters. The molecule has 1 amide bonds. The molecule has 0 radical (unpaired) electrons. The Kier molecular flexibility index (Phi) is 5.48. The van der Waals surface area contributed by atoms with Crippen molar-refractivity contribution in [1.29, 1.82) is 0 Å². The Morgan fingerprint density at radius 3 is 2.60 bits per heavy atom. The minimum absolute atomic E-state index is 0.174. The van der Waals surface area contributed by atoms with Crippen LogP contribution in [-0.4, -0.2) is 23.8 Å². The summed E-state index contributed by atoms with van der Waals surface area (Å²) in [6.45, 7) is 0.174. The lowest BCUT2D eigenvalue weighted by atomic mass is 10.1. The molecule has 1 heterocycles. The van der Waals surface area contributed by atoms with E-state index < -0.39 is 6.10 Å². The third-order valence-corrected chi connectivity index (χ3v) is 4.73. The number of halogens is 1. The van der Waals surface area contributed by atoms with Gasteiger partial charge < -0.3 is 10.4 Å². The first-order valence-electron chi connectivity index (χ1n) is 5.95. The van der Waals surface area contributed by atoms with Crippen molar-refractivity contribution >= 4 is 40.6 Å². The Morgan fingerprint density at radius 2 is 2.05 bits per heavy atom.